The summed E-state index contributed by atoms with van der Waals surface area (Å²) in [6, 6.07) is 0. The Labute approximate surface area is 355 Å². The van der Waals surface area contributed by atoms with Crippen molar-refractivity contribution in [3.8, 4) is 0 Å². The quantitative estimate of drug-likeness (QED) is 0.0346. The van der Waals surface area contributed by atoms with E-state index in [0.29, 0.717) is 19.3 Å². The van der Waals surface area contributed by atoms with E-state index in [0.717, 1.165) is 69.6 Å². The molecule has 0 N–H and O–H groups in total. The predicted molar refractivity (Wildman–Crippen MR) is 243 cm³/mol. The van der Waals surface area contributed by atoms with Crippen LogP contribution in [0.5, 0.6) is 0 Å². The highest BCUT2D eigenvalue weighted by Gasteiger charge is 2.19. The first-order chi connectivity index (χ1) is 27.7. The van der Waals surface area contributed by atoms with Crippen molar-refractivity contribution < 1.29 is 28.6 Å². The lowest BCUT2D eigenvalue weighted by atomic mass is 10.0. The van der Waals surface area contributed by atoms with Gasteiger partial charge in [-0.1, -0.05) is 240 Å². The largest absolute Gasteiger partial charge is 0.462 e. The van der Waals surface area contributed by atoms with Crippen LogP contribution in [0.4, 0.5) is 0 Å². The predicted octanol–water partition coefficient (Wildman–Crippen LogP) is 16.1. The lowest BCUT2D eigenvalue weighted by Gasteiger charge is -2.18. The maximum Gasteiger partial charge on any atom is 0.306 e. The van der Waals surface area contributed by atoms with E-state index >= 15 is 0 Å². The summed E-state index contributed by atoms with van der Waals surface area (Å²) in [6.07, 6.45) is 43.9. The summed E-state index contributed by atoms with van der Waals surface area (Å²) in [5.74, 6) is 0.758. The third-order valence-corrected chi connectivity index (χ3v) is 11.5. The summed E-state index contributed by atoms with van der Waals surface area (Å²) in [4.78, 5) is 37.8. The van der Waals surface area contributed by atoms with Crippen molar-refractivity contribution in [1.29, 1.82) is 0 Å². The van der Waals surface area contributed by atoms with Crippen LogP contribution < -0.4 is 0 Å². The minimum atomic E-state index is -0.761. The Morgan fingerprint density at radius 3 is 0.860 bits per heavy atom. The molecule has 0 aromatic heterocycles. The molecule has 0 aromatic rings. The molecule has 1 atom stereocenters. The summed E-state index contributed by atoms with van der Waals surface area (Å²) in [6.45, 7) is 11.3. The first-order valence-corrected chi connectivity index (χ1v) is 25.2. The van der Waals surface area contributed by atoms with Gasteiger partial charge in [-0.3, -0.25) is 14.4 Å². The summed E-state index contributed by atoms with van der Waals surface area (Å²) in [5.41, 5.74) is 0. The Bertz CT molecular complexity index is 870. The van der Waals surface area contributed by atoms with Gasteiger partial charge in [0.1, 0.15) is 13.2 Å². The average molecular weight is 807 g/mol. The molecule has 57 heavy (non-hydrogen) atoms. The average Bonchev–Trinajstić information content (AvgIpc) is 3.18. The molecule has 0 rings (SSSR count). The molecule has 0 aliphatic rings. The van der Waals surface area contributed by atoms with E-state index in [9.17, 15) is 14.4 Å². The van der Waals surface area contributed by atoms with E-state index in [1.165, 1.54) is 167 Å². The third kappa shape index (κ3) is 45.3. The van der Waals surface area contributed by atoms with Gasteiger partial charge in [0.25, 0.3) is 0 Å². The molecule has 0 fully saturated rings. The standard InChI is InChI=1S/C51H98O6/c1-6-7-8-9-10-11-12-19-23-26-33-38-43-51(54)57-48(45-56-50(53)42-37-32-28-27-30-35-40-47(4)5)44-55-49(52)41-36-31-25-22-20-17-15-13-14-16-18-21-24-29-34-39-46(2)3/h46-48H,6-45H2,1-5H3/t48-/m1/s1. The normalized spacial score (nSPS) is 12.1. The van der Waals surface area contributed by atoms with Crippen LogP contribution >= 0.6 is 0 Å². The molecule has 0 saturated carbocycles. The summed E-state index contributed by atoms with van der Waals surface area (Å²) in [7, 11) is 0. The number of carbonyl (C=O) groups excluding carboxylic acids is 3. The molecule has 0 saturated heterocycles. The van der Waals surface area contributed by atoms with Gasteiger partial charge in [0, 0.05) is 19.3 Å². The number of rotatable bonds is 45. The van der Waals surface area contributed by atoms with E-state index in [-0.39, 0.29) is 31.1 Å². The highest BCUT2D eigenvalue weighted by molar-refractivity contribution is 5.71. The molecule has 0 aromatic carbocycles. The molecule has 0 amide bonds. The van der Waals surface area contributed by atoms with Crippen molar-refractivity contribution in [3.63, 3.8) is 0 Å². The summed E-state index contributed by atoms with van der Waals surface area (Å²) < 4.78 is 16.8. The van der Waals surface area contributed by atoms with E-state index in [1.807, 2.05) is 0 Å². The zero-order valence-corrected chi connectivity index (χ0v) is 39.0. The van der Waals surface area contributed by atoms with Crippen molar-refractivity contribution in [2.45, 2.75) is 285 Å². The van der Waals surface area contributed by atoms with E-state index in [2.05, 4.69) is 34.6 Å². The van der Waals surface area contributed by atoms with Crippen molar-refractivity contribution in [3.05, 3.63) is 0 Å². The number of hydrogen-bond donors (Lipinski definition) is 0. The second-order valence-corrected chi connectivity index (χ2v) is 18.4. The van der Waals surface area contributed by atoms with Gasteiger partial charge in [0.2, 0.25) is 0 Å². The molecular weight excluding hydrogens is 709 g/mol. The molecule has 0 aliphatic heterocycles. The lowest BCUT2D eigenvalue weighted by molar-refractivity contribution is -0.167. The van der Waals surface area contributed by atoms with Crippen LogP contribution in [0.15, 0.2) is 0 Å². The minimum absolute atomic E-state index is 0.0645. The van der Waals surface area contributed by atoms with Crippen molar-refractivity contribution in [2.75, 3.05) is 13.2 Å². The molecule has 338 valence electrons. The Kier molecular flexibility index (Phi) is 42.7. The van der Waals surface area contributed by atoms with Crippen LogP contribution in [-0.4, -0.2) is 37.2 Å². The molecule has 6 heteroatoms. The second-order valence-electron chi connectivity index (χ2n) is 18.4. The molecule has 0 unspecified atom stereocenters. The van der Waals surface area contributed by atoms with E-state index < -0.39 is 6.10 Å². The van der Waals surface area contributed by atoms with Gasteiger partial charge in [-0.05, 0) is 31.1 Å². The Balaban J connectivity index is 4.23. The molecule has 0 radical (unpaired) electrons. The first kappa shape index (κ1) is 55.4. The topological polar surface area (TPSA) is 78.9 Å². The van der Waals surface area contributed by atoms with Gasteiger partial charge in [-0.25, -0.2) is 0 Å². The maximum absolute atomic E-state index is 12.7. The molecule has 0 heterocycles. The van der Waals surface area contributed by atoms with Crippen LogP contribution in [0.2, 0.25) is 0 Å². The fourth-order valence-electron chi connectivity index (χ4n) is 7.64. The summed E-state index contributed by atoms with van der Waals surface area (Å²) >= 11 is 0. The number of carbonyl (C=O) groups is 3. The first-order valence-electron chi connectivity index (χ1n) is 25.2. The number of hydrogen-bond acceptors (Lipinski definition) is 6. The molecule has 0 aliphatic carbocycles. The Hall–Kier alpha value is -1.59. The Morgan fingerprint density at radius 2 is 0.579 bits per heavy atom. The van der Waals surface area contributed by atoms with Crippen molar-refractivity contribution in [2.24, 2.45) is 11.8 Å². The third-order valence-electron chi connectivity index (χ3n) is 11.5. The van der Waals surface area contributed by atoms with Crippen LogP contribution in [0, 0.1) is 11.8 Å². The number of esters is 3. The molecule has 0 spiro atoms. The highest BCUT2D eigenvalue weighted by Crippen LogP contribution is 2.17. The van der Waals surface area contributed by atoms with Crippen molar-refractivity contribution in [1.82, 2.24) is 0 Å². The lowest BCUT2D eigenvalue weighted by Crippen LogP contribution is -2.30. The van der Waals surface area contributed by atoms with Gasteiger partial charge in [0.15, 0.2) is 6.10 Å². The monoisotopic (exact) mass is 807 g/mol. The van der Waals surface area contributed by atoms with E-state index in [4.69, 9.17) is 14.2 Å². The van der Waals surface area contributed by atoms with Crippen LogP contribution in [-0.2, 0) is 28.6 Å². The number of ether oxygens (including phenoxy) is 3. The SMILES string of the molecule is CCCCCCCCCCCCCCC(=O)O[C@H](COC(=O)CCCCCCCCCCCCCCCCCC(C)C)COC(=O)CCCCCCCCC(C)C. The zero-order valence-electron chi connectivity index (χ0n) is 39.0. The highest BCUT2D eigenvalue weighted by atomic mass is 16.6. The van der Waals surface area contributed by atoms with Gasteiger partial charge < -0.3 is 14.2 Å². The van der Waals surface area contributed by atoms with E-state index in [1.54, 1.807) is 0 Å². The summed E-state index contributed by atoms with van der Waals surface area (Å²) in [5, 5.41) is 0. The van der Waals surface area contributed by atoms with Crippen LogP contribution in [0.3, 0.4) is 0 Å². The van der Waals surface area contributed by atoms with Gasteiger partial charge in [-0.15, -0.1) is 0 Å². The molecule has 0 bridgehead atoms. The smallest absolute Gasteiger partial charge is 0.306 e. The Morgan fingerprint density at radius 1 is 0.333 bits per heavy atom. The zero-order chi connectivity index (χ0) is 41.9. The van der Waals surface area contributed by atoms with Gasteiger partial charge in [-0.2, -0.15) is 0 Å². The molecular formula is C51H98O6. The maximum atomic E-state index is 12.7. The fraction of sp³-hybridized carbons (Fsp3) is 0.941. The minimum Gasteiger partial charge on any atom is -0.462 e. The van der Waals surface area contributed by atoms with Crippen LogP contribution in [0.1, 0.15) is 279 Å². The van der Waals surface area contributed by atoms with Crippen LogP contribution in [0.25, 0.3) is 0 Å². The second kappa shape index (κ2) is 44.0. The fourth-order valence-corrected chi connectivity index (χ4v) is 7.64. The van der Waals surface area contributed by atoms with Gasteiger partial charge >= 0.3 is 17.9 Å². The van der Waals surface area contributed by atoms with Crippen molar-refractivity contribution >= 4 is 17.9 Å². The van der Waals surface area contributed by atoms with Gasteiger partial charge in [0.05, 0.1) is 0 Å². The molecule has 6 nitrogen and oxygen atoms in total. The number of unbranched alkanes of at least 4 members (excludes halogenated alkanes) is 30.